The van der Waals surface area contributed by atoms with Crippen molar-refractivity contribution in [3.63, 3.8) is 0 Å². The van der Waals surface area contributed by atoms with Gasteiger partial charge in [0.2, 0.25) is 0 Å². The van der Waals surface area contributed by atoms with Gasteiger partial charge in [-0.2, -0.15) is 5.10 Å². The fourth-order valence-corrected chi connectivity index (χ4v) is 4.63. The van der Waals surface area contributed by atoms with Crippen LogP contribution in [0.3, 0.4) is 0 Å². The van der Waals surface area contributed by atoms with E-state index in [0.717, 1.165) is 27.2 Å². The Labute approximate surface area is 158 Å². The molecule has 7 nitrogen and oxygen atoms in total. The second kappa shape index (κ2) is 6.81. The molecule has 2 N–H and O–H groups in total. The van der Waals surface area contributed by atoms with Crippen LogP contribution in [0.1, 0.15) is 68.5 Å². The first-order valence-electron chi connectivity index (χ1n) is 8.17. The number of aryl methyl sites for hydroxylation is 2. The van der Waals surface area contributed by atoms with E-state index in [1.165, 1.54) is 11.3 Å². The number of hydrogen-bond acceptors (Lipinski definition) is 6. The molecule has 0 bridgehead atoms. The first-order valence-corrected chi connectivity index (χ1v) is 9.80. The fraction of sp³-hybridized carbons (Fsp3) is 0.412. The van der Waals surface area contributed by atoms with Crippen molar-refractivity contribution in [1.29, 1.82) is 0 Å². The highest BCUT2D eigenvalue weighted by molar-refractivity contribution is 7.20. The van der Waals surface area contributed by atoms with E-state index < -0.39 is 5.97 Å². The Balaban J connectivity index is 1.83. The van der Waals surface area contributed by atoms with E-state index in [9.17, 15) is 9.59 Å². The molecule has 0 radical (unpaired) electrons. The van der Waals surface area contributed by atoms with Gasteiger partial charge in [-0.3, -0.25) is 9.48 Å². The molecule has 0 aliphatic carbocycles. The Morgan fingerprint density at radius 2 is 1.96 bits per heavy atom. The molecule has 3 heterocycles. The largest absolute Gasteiger partial charge is 0.477 e. The standard InChI is InChI=1S/C17H20N4O3S2/c1-7(2)12-10-6-11(25-16(10)21(5)20-12)14(22)18-9(4)15-19-8(3)13(26-15)17(23)24/h6-7,9H,1-5H3,(H,18,22)(H,23,24). The van der Waals surface area contributed by atoms with Crippen molar-refractivity contribution in [2.45, 2.75) is 39.7 Å². The lowest BCUT2D eigenvalue weighted by Gasteiger charge is -2.10. The maximum atomic E-state index is 12.6. The van der Waals surface area contributed by atoms with Gasteiger partial charge in [-0.1, -0.05) is 13.8 Å². The van der Waals surface area contributed by atoms with Gasteiger partial charge < -0.3 is 10.4 Å². The molecule has 9 heteroatoms. The van der Waals surface area contributed by atoms with Crippen molar-refractivity contribution < 1.29 is 14.7 Å². The molecule has 138 valence electrons. The van der Waals surface area contributed by atoms with E-state index in [4.69, 9.17) is 5.11 Å². The zero-order valence-electron chi connectivity index (χ0n) is 15.2. The fourth-order valence-electron chi connectivity index (χ4n) is 2.73. The Kier molecular flexibility index (Phi) is 4.85. The number of rotatable bonds is 5. The van der Waals surface area contributed by atoms with Crippen LogP contribution >= 0.6 is 22.7 Å². The second-order valence-corrected chi connectivity index (χ2v) is 8.52. The van der Waals surface area contributed by atoms with Crippen LogP contribution in [0.25, 0.3) is 10.2 Å². The third kappa shape index (κ3) is 3.24. The molecule has 3 rings (SSSR count). The van der Waals surface area contributed by atoms with E-state index in [1.807, 2.05) is 13.1 Å². The summed E-state index contributed by atoms with van der Waals surface area (Å²) in [6, 6.07) is 1.51. The van der Waals surface area contributed by atoms with Gasteiger partial charge in [0.05, 0.1) is 22.3 Å². The van der Waals surface area contributed by atoms with E-state index in [2.05, 4.69) is 29.2 Å². The van der Waals surface area contributed by atoms with Crippen molar-refractivity contribution >= 4 is 44.8 Å². The van der Waals surface area contributed by atoms with E-state index in [1.54, 1.807) is 18.5 Å². The molecule has 1 atom stereocenters. The Morgan fingerprint density at radius 1 is 1.27 bits per heavy atom. The monoisotopic (exact) mass is 392 g/mol. The van der Waals surface area contributed by atoms with Crippen LogP contribution in [0.15, 0.2) is 6.07 Å². The van der Waals surface area contributed by atoms with Crippen molar-refractivity contribution in [3.05, 3.63) is 32.2 Å². The number of carbonyl (C=O) groups is 2. The highest BCUT2D eigenvalue weighted by atomic mass is 32.1. The topological polar surface area (TPSA) is 97.1 Å². The van der Waals surface area contributed by atoms with Crippen LogP contribution in [0.4, 0.5) is 0 Å². The lowest BCUT2D eigenvalue weighted by molar-refractivity contribution is 0.0701. The number of aromatic nitrogens is 3. The number of hydrogen-bond donors (Lipinski definition) is 2. The lowest BCUT2D eigenvalue weighted by Crippen LogP contribution is -2.25. The van der Waals surface area contributed by atoms with E-state index in [-0.39, 0.29) is 22.7 Å². The highest BCUT2D eigenvalue weighted by Gasteiger charge is 2.22. The minimum atomic E-state index is -0.997. The maximum absolute atomic E-state index is 12.6. The molecule has 1 unspecified atom stereocenters. The Morgan fingerprint density at radius 3 is 2.54 bits per heavy atom. The number of fused-ring (bicyclic) bond motifs is 1. The maximum Gasteiger partial charge on any atom is 0.347 e. The average molecular weight is 393 g/mol. The molecular weight excluding hydrogens is 372 g/mol. The number of amides is 1. The number of carbonyl (C=O) groups excluding carboxylic acids is 1. The van der Waals surface area contributed by atoms with Crippen LogP contribution in [-0.4, -0.2) is 31.7 Å². The molecule has 0 fully saturated rings. The Bertz CT molecular complexity index is 999. The van der Waals surface area contributed by atoms with Gasteiger partial charge in [0.15, 0.2) is 0 Å². The summed E-state index contributed by atoms with van der Waals surface area (Å²) >= 11 is 2.49. The number of carboxylic acids is 1. The van der Waals surface area contributed by atoms with Gasteiger partial charge in [0.1, 0.15) is 14.7 Å². The smallest absolute Gasteiger partial charge is 0.347 e. The van der Waals surface area contributed by atoms with Gasteiger partial charge in [-0.05, 0) is 25.8 Å². The minimum Gasteiger partial charge on any atom is -0.477 e. The van der Waals surface area contributed by atoms with Crippen molar-refractivity contribution in [2.24, 2.45) is 7.05 Å². The van der Waals surface area contributed by atoms with Crippen LogP contribution < -0.4 is 5.32 Å². The number of nitrogens with zero attached hydrogens (tertiary/aromatic N) is 3. The molecule has 0 aliphatic rings. The SMILES string of the molecule is Cc1nc(C(C)NC(=O)c2cc3c(C(C)C)nn(C)c3s2)sc1C(=O)O. The van der Waals surface area contributed by atoms with Gasteiger partial charge >= 0.3 is 5.97 Å². The molecule has 0 aliphatic heterocycles. The van der Waals surface area contributed by atoms with Gasteiger partial charge in [0, 0.05) is 12.4 Å². The van der Waals surface area contributed by atoms with Crippen LogP contribution in [0, 0.1) is 6.92 Å². The molecular formula is C17H20N4O3S2. The number of carboxylic acid groups (broad SMARTS) is 1. The zero-order valence-corrected chi connectivity index (χ0v) is 16.8. The summed E-state index contributed by atoms with van der Waals surface area (Å²) in [4.78, 5) is 29.9. The van der Waals surface area contributed by atoms with Gasteiger partial charge in [-0.15, -0.1) is 22.7 Å². The first kappa shape index (κ1) is 18.5. The molecule has 0 saturated heterocycles. The van der Waals surface area contributed by atoms with Crippen LogP contribution in [0.2, 0.25) is 0 Å². The average Bonchev–Trinajstić information content (AvgIpc) is 3.22. The number of thiophene rings is 1. The highest BCUT2D eigenvalue weighted by Crippen LogP contribution is 2.32. The Hall–Kier alpha value is -2.26. The lowest BCUT2D eigenvalue weighted by atomic mass is 10.1. The molecule has 3 aromatic heterocycles. The molecule has 0 spiro atoms. The molecule has 1 amide bonds. The van der Waals surface area contributed by atoms with Crippen molar-refractivity contribution in [3.8, 4) is 0 Å². The van der Waals surface area contributed by atoms with Crippen LogP contribution in [-0.2, 0) is 7.05 Å². The van der Waals surface area contributed by atoms with Crippen molar-refractivity contribution in [1.82, 2.24) is 20.1 Å². The third-order valence-corrected chi connectivity index (χ3v) is 6.56. The predicted octanol–water partition coefficient (Wildman–Crippen LogP) is 3.71. The quantitative estimate of drug-likeness (QED) is 0.690. The summed E-state index contributed by atoms with van der Waals surface area (Å²) in [6.07, 6.45) is 0. The van der Waals surface area contributed by atoms with Gasteiger partial charge in [0.25, 0.3) is 5.91 Å². The molecule has 3 aromatic rings. The number of thiazole rings is 1. The van der Waals surface area contributed by atoms with E-state index >= 15 is 0 Å². The third-order valence-electron chi connectivity index (χ3n) is 4.04. The summed E-state index contributed by atoms with van der Waals surface area (Å²) in [7, 11) is 1.88. The van der Waals surface area contributed by atoms with Crippen LogP contribution in [0.5, 0.6) is 0 Å². The molecule has 26 heavy (non-hydrogen) atoms. The summed E-state index contributed by atoms with van der Waals surface area (Å²) < 4.78 is 1.80. The normalized spacial score (nSPS) is 12.7. The molecule has 0 saturated carbocycles. The first-order chi connectivity index (χ1) is 12.2. The zero-order chi connectivity index (χ0) is 19.2. The summed E-state index contributed by atoms with van der Waals surface area (Å²) in [5, 5.41) is 18.2. The predicted molar refractivity (Wildman–Crippen MR) is 102 cm³/mol. The van der Waals surface area contributed by atoms with Gasteiger partial charge in [-0.25, -0.2) is 9.78 Å². The summed E-state index contributed by atoms with van der Waals surface area (Å²) in [5.41, 5.74) is 1.45. The van der Waals surface area contributed by atoms with E-state index in [0.29, 0.717) is 15.6 Å². The second-order valence-electron chi connectivity index (χ2n) is 6.46. The molecule has 0 aromatic carbocycles. The minimum absolute atomic E-state index is 0.196. The number of aromatic carboxylic acids is 1. The summed E-state index contributed by atoms with van der Waals surface area (Å²) in [6.45, 7) is 7.61. The summed E-state index contributed by atoms with van der Waals surface area (Å²) in [5.74, 6) is -0.919. The van der Waals surface area contributed by atoms with Crippen molar-refractivity contribution in [2.75, 3.05) is 0 Å². The number of nitrogens with one attached hydrogen (secondary N) is 1.